The third-order valence-electron chi connectivity index (χ3n) is 12.5. The van der Waals surface area contributed by atoms with Gasteiger partial charge in [0.05, 0.1) is 33.0 Å². The second-order valence-electron chi connectivity index (χ2n) is 16.4. The molecule has 0 bridgehead atoms. The molecule has 0 aliphatic carbocycles. The van der Waals surface area contributed by atoms with Gasteiger partial charge in [0.25, 0.3) is 0 Å². The van der Waals surface area contributed by atoms with E-state index in [0.29, 0.717) is 5.82 Å². The topological polar surface area (TPSA) is 68.0 Å². The highest BCUT2D eigenvalue weighted by atomic mass is 32.1. The SMILES string of the molecule is C1=C(c2ccc(-c3cnc4sc5cnc(-c6ccc7cc8ccccc8cc7c6)nc5c4c3)cc2)N=C(c2ccccc2)NC1c1cccc(-n2c3ccccc3c3ccccc32)c1. The van der Waals surface area contributed by atoms with Crippen molar-refractivity contribution in [1.29, 1.82) is 0 Å². The number of benzene rings is 8. The fraction of sp³-hybridized carbons (Fsp3) is 0.0175. The number of nitrogens with zero attached hydrogens (tertiary/aromatic N) is 5. The first-order valence-corrected chi connectivity index (χ1v) is 22.3. The minimum Gasteiger partial charge on any atom is -0.359 e. The predicted molar refractivity (Wildman–Crippen MR) is 266 cm³/mol. The molecule has 300 valence electrons. The third-order valence-corrected chi connectivity index (χ3v) is 13.5. The van der Waals surface area contributed by atoms with Crippen molar-refractivity contribution in [2.45, 2.75) is 6.04 Å². The highest BCUT2D eigenvalue weighted by molar-refractivity contribution is 7.25. The lowest BCUT2D eigenvalue weighted by Crippen LogP contribution is -2.31. The summed E-state index contributed by atoms with van der Waals surface area (Å²) < 4.78 is 3.39. The van der Waals surface area contributed by atoms with Crippen LogP contribution < -0.4 is 5.32 Å². The molecule has 5 heterocycles. The molecule has 0 amide bonds. The molecule has 1 aliphatic rings. The molecule has 0 spiro atoms. The Morgan fingerprint density at radius 1 is 0.484 bits per heavy atom. The summed E-state index contributed by atoms with van der Waals surface area (Å²) in [6.45, 7) is 0. The molecule has 1 unspecified atom stereocenters. The van der Waals surface area contributed by atoms with E-state index in [1.54, 1.807) is 11.3 Å². The van der Waals surface area contributed by atoms with Gasteiger partial charge in [0, 0.05) is 50.9 Å². The number of fused-ring (bicyclic) bond motifs is 8. The Balaban J connectivity index is 0.847. The second-order valence-corrected chi connectivity index (χ2v) is 17.4. The van der Waals surface area contributed by atoms with Gasteiger partial charge in [-0.15, -0.1) is 11.3 Å². The molecule has 13 rings (SSSR count). The van der Waals surface area contributed by atoms with Crippen LogP contribution in [0.25, 0.3) is 97.7 Å². The van der Waals surface area contributed by atoms with E-state index in [1.807, 2.05) is 18.5 Å². The third kappa shape index (κ3) is 6.16. The zero-order chi connectivity index (χ0) is 42.1. The van der Waals surface area contributed by atoms with E-state index < -0.39 is 0 Å². The first kappa shape index (κ1) is 36.4. The second kappa shape index (κ2) is 14.7. The maximum absolute atomic E-state index is 5.22. The normalized spacial score (nSPS) is 14.1. The van der Waals surface area contributed by atoms with Crippen molar-refractivity contribution >= 4 is 86.7 Å². The van der Waals surface area contributed by atoms with Crippen LogP contribution in [0.3, 0.4) is 0 Å². The summed E-state index contributed by atoms with van der Waals surface area (Å²) in [6, 6.07) is 66.8. The fourth-order valence-corrected chi connectivity index (χ4v) is 10.3. The average Bonchev–Trinajstić information content (AvgIpc) is 3.91. The van der Waals surface area contributed by atoms with Crippen LogP contribution in [0.1, 0.15) is 22.7 Å². The summed E-state index contributed by atoms with van der Waals surface area (Å²) in [5.74, 6) is 1.55. The quantitative estimate of drug-likeness (QED) is 0.169. The summed E-state index contributed by atoms with van der Waals surface area (Å²) in [5, 5.41) is 12.1. The summed E-state index contributed by atoms with van der Waals surface area (Å²) in [5.41, 5.74) is 11.7. The van der Waals surface area contributed by atoms with E-state index in [2.05, 4.69) is 198 Å². The predicted octanol–water partition coefficient (Wildman–Crippen LogP) is 14.1. The number of aromatic nitrogens is 4. The molecular weight excluding hydrogens is 801 g/mol. The number of amidine groups is 1. The molecule has 1 N–H and O–H groups in total. The molecule has 0 radical (unpaired) electrons. The lowest BCUT2D eigenvalue weighted by molar-refractivity contribution is 0.780. The van der Waals surface area contributed by atoms with Crippen LogP contribution in [0.15, 0.2) is 212 Å². The molecule has 64 heavy (non-hydrogen) atoms. The molecular formula is C57H36N6S. The number of rotatable bonds is 6. The summed E-state index contributed by atoms with van der Waals surface area (Å²) >= 11 is 1.63. The van der Waals surface area contributed by atoms with Crippen LogP contribution >= 0.6 is 11.3 Å². The number of para-hydroxylation sites is 2. The molecule has 4 aromatic heterocycles. The van der Waals surface area contributed by atoms with Crippen molar-refractivity contribution in [2.24, 2.45) is 4.99 Å². The number of hydrogen-bond acceptors (Lipinski definition) is 6. The number of pyridine rings is 1. The summed E-state index contributed by atoms with van der Waals surface area (Å²) in [7, 11) is 0. The van der Waals surface area contributed by atoms with Gasteiger partial charge in [-0.1, -0.05) is 140 Å². The van der Waals surface area contributed by atoms with Gasteiger partial charge in [0.1, 0.15) is 10.7 Å². The maximum atomic E-state index is 5.22. The van der Waals surface area contributed by atoms with Crippen LogP contribution in [0, 0.1) is 0 Å². The van der Waals surface area contributed by atoms with Crippen molar-refractivity contribution in [3.63, 3.8) is 0 Å². The van der Waals surface area contributed by atoms with E-state index in [1.165, 1.54) is 43.4 Å². The van der Waals surface area contributed by atoms with Gasteiger partial charge in [-0.05, 0) is 92.8 Å². The van der Waals surface area contributed by atoms with Crippen LogP contribution in [-0.4, -0.2) is 25.4 Å². The van der Waals surface area contributed by atoms with Crippen molar-refractivity contribution in [3.05, 3.63) is 223 Å². The van der Waals surface area contributed by atoms with Gasteiger partial charge in [-0.2, -0.15) is 0 Å². The Morgan fingerprint density at radius 3 is 1.97 bits per heavy atom. The van der Waals surface area contributed by atoms with Gasteiger partial charge in [0.2, 0.25) is 0 Å². The molecule has 12 aromatic rings. The van der Waals surface area contributed by atoms with Crippen LogP contribution in [-0.2, 0) is 0 Å². The van der Waals surface area contributed by atoms with E-state index in [9.17, 15) is 0 Å². The summed E-state index contributed by atoms with van der Waals surface area (Å²) in [4.78, 5) is 21.1. The van der Waals surface area contributed by atoms with Gasteiger partial charge in [-0.3, -0.25) is 0 Å². The molecule has 8 aromatic carbocycles. The molecule has 0 fully saturated rings. The molecule has 1 aliphatic heterocycles. The van der Waals surface area contributed by atoms with Crippen LogP contribution in [0.4, 0.5) is 0 Å². The van der Waals surface area contributed by atoms with Gasteiger partial charge < -0.3 is 9.88 Å². The monoisotopic (exact) mass is 836 g/mol. The van der Waals surface area contributed by atoms with Crippen LogP contribution in [0.2, 0.25) is 0 Å². The van der Waals surface area contributed by atoms with Crippen molar-refractivity contribution in [3.8, 4) is 28.2 Å². The Morgan fingerprint density at radius 2 is 1.17 bits per heavy atom. The minimum atomic E-state index is -0.115. The van der Waals surface area contributed by atoms with Crippen molar-refractivity contribution < 1.29 is 0 Å². The lowest BCUT2D eigenvalue weighted by atomic mass is 9.98. The van der Waals surface area contributed by atoms with Gasteiger partial charge in [0.15, 0.2) is 5.82 Å². The van der Waals surface area contributed by atoms with Crippen LogP contribution in [0.5, 0.6) is 0 Å². The van der Waals surface area contributed by atoms with E-state index in [0.717, 1.165) is 71.0 Å². The Hall–Kier alpha value is -8.26. The molecule has 0 saturated carbocycles. The van der Waals surface area contributed by atoms with Gasteiger partial charge in [-0.25, -0.2) is 19.9 Å². The standard InChI is InChI=1S/C57H36N6S/c1-2-11-37(12-3-1)56-60-49(32-50(61-56)41-15-10-16-45(30-41)63-51-19-8-6-17-46(51)47-18-7-9-20-52(47)63)36-23-21-35(22-24-36)44-31-48-54-53(64-57(48)59-33-44)34-58-55(62-54)42-26-25-40-27-38-13-4-5-14-39(38)28-43(40)29-42/h1-34,50H,(H,60,61). The number of nitrogens with one attached hydrogen (secondary N) is 1. The number of hydrogen-bond donors (Lipinski definition) is 1. The van der Waals surface area contributed by atoms with Gasteiger partial charge >= 0.3 is 0 Å². The molecule has 6 nitrogen and oxygen atoms in total. The largest absolute Gasteiger partial charge is 0.359 e. The first-order chi connectivity index (χ1) is 31.7. The Kier molecular flexibility index (Phi) is 8.35. The highest BCUT2D eigenvalue weighted by Gasteiger charge is 2.22. The summed E-state index contributed by atoms with van der Waals surface area (Å²) in [6.07, 6.45) is 6.14. The van der Waals surface area contributed by atoms with E-state index in [4.69, 9.17) is 19.9 Å². The van der Waals surface area contributed by atoms with Crippen molar-refractivity contribution in [1.82, 2.24) is 24.8 Å². The highest BCUT2D eigenvalue weighted by Crippen LogP contribution is 2.37. The zero-order valence-corrected chi connectivity index (χ0v) is 35.2. The minimum absolute atomic E-state index is 0.115. The number of aliphatic imine (C=N–C) groups is 1. The van der Waals surface area contributed by atoms with E-state index >= 15 is 0 Å². The molecule has 0 saturated heterocycles. The van der Waals surface area contributed by atoms with Crippen molar-refractivity contribution in [2.75, 3.05) is 0 Å². The Labute approximate surface area is 372 Å². The first-order valence-electron chi connectivity index (χ1n) is 21.5. The van der Waals surface area contributed by atoms with E-state index in [-0.39, 0.29) is 6.04 Å². The molecule has 1 atom stereocenters. The number of thiophene rings is 1. The molecule has 7 heteroatoms. The lowest BCUT2D eigenvalue weighted by Gasteiger charge is -2.25. The average molecular weight is 837 g/mol. The zero-order valence-electron chi connectivity index (χ0n) is 34.4. The smallest absolute Gasteiger partial charge is 0.159 e. The Bertz CT molecular complexity index is 3830. The maximum Gasteiger partial charge on any atom is 0.159 e. The fourth-order valence-electron chi connectivity index (χ4n) is 9.33.